The molecule has 3 aromatic carbocycles. The molecule has 1 amide bonds. The number of anilines is 2. The van der Waals surface area contributed by atoms with Crippen LogP contribution in [0.15, 0.2) is 72.8 Å². The number of carbonyl (C=O) groups excluding carboxylic acids is 2. The molecule has 9 nitrogen and oxygen atoms in total. The van der Waals surface area contributed by atoms with Gasteiger partial charge in [-0.15, -0.1) is 0 Å². The van der Waals surface area contributed by atoms with E-state index in [9.17, 15) is 18.0 Å². The van der Waals surface area contributed by atoms with Crippen LogP contribution in [0.1, 0.15) is 42.0 Å². The van der Waals surface area contributed by atoms with Gasteiger partial charge in [-0.05, 0) is 73.2 Å². The van der Waals surface area contributed by atoms with Crippen LogP contribution in [-0.2, 0) is 42.9 Å². The van der Waals surface area contributed by atoms with Crippen molar-refractivity contribution in [1.29, 1.82) is 5.26 Å². The van der Waals surface area contributed by atoms with Gasteiger partial charge in [0.2, 0.25) is 5.91 Å². The Kier molecular flexibility index (Phi) is 9.53. The Balaban J connectivity index is 1.55. The van der Waals surface area contributed by atoms with Crippen molar-refractivity contribution in [2.45, 2.75) is 38.4 Å². The topological polar surface area (TPSA) is 120 Å². The summed E-state index contributed by atoms with van der Waals surface area (Å²) in [7, 11) is -3.93. The molecule has 0 atom stereocenters. The Morgan fingerprint density at radius 2 is 1.80 bits per heavy atom. The van der Waals surface area contributed by atoms with E-state index in [1.165, 1.54) is 0 Å². The molecule has 0 bridgehead atoms. The van der Waals surface area contributed by atoms with Crippen molar-refractivity contribution in [2.75, 3.05) is 29.0 Å². The Morgan fingerprint density at radius 1 is 1.05 bits per heavy atom. The average molecular weight is 561 g/mol. The van der Waals surface area contributed by atoms with Gasteiger partial charge in [0.15, 0.2) is 0 Å². The number of hydrogen-bond donors (Lipinski definition) is 1. The number of aryl methyl sites for hydroxylation is 2. The van der Waals surface area contributed by atoms with Crippen molar-refractivity contribution < 1.29 is 22.7 Å². The summed E-state index contributed by atoms with van der Waals surface area (Å²) >= 11 is 0. The Morgan fingerprint density at radius 3 is 2.50 bits per heavy atom. The first-order valence-electron chi connectivity index (χ1n) is 13.2. The highest BCUT2D eigenvalue weighted by atomic mass is 32.2. The van der Waals surface area contributed by atoms with Gasteiger partial charge < -0.3 is 9.64 Å². The number of hydrogen-bond acceptors (Lipinski definition) is 7. The summed E-state index contributed by atoms with van der Waals surface area (Å²) in [5, 5.41) is 8.98. The van der Waals surface area contributed by atoms with Gasteiger partial charge in [0.05, 0.1) is 29.7 Å². The van der Waals surface area contributed by atoms with E-state index in [0.29, 0.717) is 42.6 Å². The number of fused-ring (bicyclic) bond motifs is 1. The van der Waals surface area contributed by atoms with Gasteiger partial charge in [0, 0.05) is 18.7 Å². The first-order valence-corrected chi connectivity index (χ1v) is 14.8. The van der Waals surface area contributed by atoms with E-state index in [4.69, 9.17) is 10.00 Å². The largest absolute Gasteiger partial charge is 0.465 e. The van der Waals surface area contributed by atoms with Gasteiger partial charge in [-0.2, -0.15) is 5.26 Å². The standard InChI is InChI=1S/C30H32N4O5S/c1-2-39-30(36)21-32-34(40(37,38)22-25-7-4-3-5-8-25)27-15-16-28-26(19-27)9-6-18-33(28)29(35)17-14-23-10-12-24(20-31)13-11-23/h3-5,7-8,10-13,15-16,19,32H,2,6,9,14,17-18,21-22H2,1H3. The van der Waals surface area contributed by atoms with Crippen LogP contribution in [0.3, 0.4) is 0 Å². The third-order valence-corrected chi connectivity index (χ3v) is 8.16. The first-order chi connectivity index (χ1) is 19.3. The number of rotatable bonds is 11. The van der Waals surface area contributed by atoms with Crippen LogP contribution >= 0.6 is 0 Å². The molecule has 0 radical (unpaired) electrons. The van der Waals surface area contributed by atoms with Crippen LogP contribution in [0.5, 0.6) is 0 Å². The van der Waals surface area contributed by atoms with E-state index in [-0.39, 0.29) is 24.8 Å². The van der Waals surface area contributed by atoms with Gasteiger partial charge in [-0.1, -0.05) is 42.5 Å². The van der Waals surface area contributed by atoms with E-state index < -0.39 is 16.0 Å². The number of sulfonamides is 1. The molecule has 0 saturated heterocycles. The monoisotopic (exact) mass is 560 g/mol. The van der Waals surface area contributed by atoms with Crippen molar-refractivity contribution in [2.24, 2.45) is 0 Å². The number of benzene rings is 3. The van der Waals surface area contributed by atoms with Gasteiger partial charge >= 0.3 is 5.97 Å². The van der Waals surface area contributed by atoms with Crippen molar-refractivity contribution in [1.82, 2.24) is 5.43 Å². The van der Waals surface area contributed by atoms with E-state index in [1.807, 2.05) is 18.2 Å². The summed E-state index contributed by atoms with van der Waals surface area (Å²) in [6.45, 7) is 2.13. The molecule has 0 spiro atoms. The molecule has 0 saturated carbocycles. The third kappa shape index (κ3) is 7.25. The maximum atomic E-state index is 13.5. The third-order valence-electron chi connectivity index (χ3n) is 6.57. The van der Waals surface area contributed by atoms with Crippen molar-refractivity contribution in [3.8, 4) is 6.07 Å². The average Bonchev–Trinajstić information content (AvgIpc) is 2.96. The van der Waals surface area contributed by atoms with E-state index in [2.05, 4.69) is 11.5 Å². The highest BCUT2D eigenvalue weighted by Gasteiger charge is 2.28. The SMILES string of the molecule is CCOC(=O)CNN(c1ccc2c(c1)CCCN2C(=O)CCc1ccc(C#N)cc1)S(=O)(=O)Cc1ccccc1. The van der Waals surface area contributed by atoms with E-state index >= 15 is 0 Å². The zero-order valence-corrected chi connectivity index (χ0v) is 23.2. The summed E-state index contributed by atoms with van der Waals surface area (Å²) in [6.07, 6.45) is 2.29. The lowest BCUT2D eigenvalue weighted by atomic mass is 10.00. The van der Waals surface area contributed by atoms with Gasteiger partial charge in [-0.25, -0.2) is 18.3 Å². The van der Waals surface area contributed by atoms with Crippen LogP contribution in [0.4, 0.5) is 11.4 Å². The zero-order chi connectivity index (χ0) is 28.5. The van der Waals surface area contributed by atoms with Gasteiger partial charge in [0.1, 0.15) is 6.54 Å². The molecule has 4 rings (SSSR count). The normalized spacial score (nSPS) is 12.8. The molecule has 3 aromatic rings. The fourth-order valence-corrected chi connectivity index (χ4v) is 6.09. The Bertz CT molecular complexity index is 1480. The second-order valence-corrected chi connectivity index (χ2v) is 11.2. The molecule has 1 N–H and O–H groups in total. The molecule has 208 valence electrons. The number of carbonyl (C=O) groups is 2. The van der Waals surface area contributed by atoms with Gasteiger partial charge in [-0.3, -0.25) is 9.59 Å². The number of hydrazine groups is 1. The van der Waals surface area contributed by atoms with Crippen molar-refractivity contribution >= 4 is 33.3 Å². The Hall–Kier alpha value is -4.20. The number of ether oxygens (including phenoxy) is 1. The molecule has 40 heavy (non-hydrogen) atoms. The number of amides is 1. The lowest BCUT2D eigenvalue weighted by Gasteiger charge is -2.31. The summed E-state index contributed by atoms with van der Waals surface area (Å²) in [5.74, 6) is -0.854. The maximum Gasteiger partial charge on any atom is 0.321 e. The second kappa shape index (κ2) is 13.2. The van der Waals surface area contributed by atoms with Crippen LogP contribution < -0.4 is 14.7 Å². The molecule has 0 aliphatic carbocycles. The number of nitrogens with zero attached hydrogens (tertiary/aromatic N) is 3. The summed E-state index contributed by atoms with van der Waals surface area (Å²) in [5.41, 5.74) is 6.87. The minimum Gasteiger partial charge on any atom is -0.465 e. The molecule has 1 aliphatic rings. The van der Waals surface area contributed by atoms with Gasteiger partial charge in [0.25, 0.3) is 10.0 Å². The molecule has 0 unspecified atom stereocenters. The zero-order valence-electron chi connectivity index (χ0n) is 22.4. The molecular weight excluding hydrogens is 528 g/mol. The Labute approximate surface area is 235 Å². The lowest BCUT2D eigenvalue weighted by molar-refractivity contribution is -0.141. The molecular formula is C30H32N4O5S. The molecule has 10 heteroatoms. The predicted molar refractivity (Wildman–Crippen MR) is 153 cm³/mol. The maximum absolute atomic E-state index is 13.5. The summed E-state index contributed by atoms with van der Waals surface area (Å²) < 4.78 is 33.0. The van der Waals surface area contributed by atoms with Crippen molar-refractivity contribution in [3.63, 3.8) is 0 Å². The quantitative estimate of drug-likeness (QED) is 0.279. The van der Waals surface area contributed by atoms with Crippen molar-refractivity contribution in [3.05, 3.63) is 95.1 Å². The smallest absolute Gasteiger partial charge is 0.321 e. The lowest BCUT2D eigenvalue weighted by Crippen LogP contribution is -2.46. The molecule has 1 heterocycles. The fourth-order valence-electron chi connectivity index (χ4n) is 4.65. The van der Waals surface area contributed by atoms with Crippen LogP contribution in [0.25, 0.3) is 0 Å². The minimum atomic E-state index is -3.93. The number of esters is 1. The van der Waals surface area contributed by atoms with E-state index in [0.717, 1.165) is 27.6 Å². The molecule has 0 aromatic heterocycles. The van der Waals surface area contributed by atoms with E-state index in [1.54, 1.807) is 66.4 Å². The first kappa shape index (κ1) is 28.8. The second-order valence-electron chi connectivity index (χ2n) is 9.42. The number of nitrogens with one attached hydrogen (secondary N) is 1. The van der Waals surface area contributed by atoms with Crippen LogP contribution in [0, 0.1) is 11.3 Å². The van der Waals surface area contributed by atoms with Crippen LogP contribution in [-0.4, -0.2) is 40.0 Å². The molecule has 1 aliphatic heterocycles. The highest BCUT2D eigenvalue weighted by Crippen LogP contribution is 2.32. The van der Waals surface area contributed by atoms with Crippen LogP contribution in [0.2, 0.25) is 0 Å². The fraction of sp³-hybridized carbons (Fsp3) is 0.300. The summed E-state index contributed by atoms with van der Waals surface area (Å²) in [4.78, 5) is 27.0. The molecule has 0 fully saturated rings. The number of nitriles is 1. The summed E-state index contributed by atoms with van der Waals surface area (Å²) in [6, 6.07) is 23.3. The highest BCUT2D eigenvalue weighted by molar-refractivity contribution is 7.91. The minimum absolute atomic E-state index is 0.0212. The predicted octanol–water partition coefficient (Wildman–Crippen LogP) is 3.87.